The average molecular weight is 623 g/mol. The van der Waals surface area contributed by atoms with E-state index in [1.165, 1.54) is 18.2 Å². The van der Waals surface area contributed by atoms with Crippen molar-refractivity contribution in [1.82, 2.24) is 0 Å². The summed E-state index contributed by atoms with van der Waals surface area (Å²) < 4.78 is 27.0. The first-order chi connectivity index (χ1) is 16.4. The Labute approximate surface area is 227 Å². The fourth-order valence-corrected chi connectivity index (χ4v) is 5.39. The number of hydrogen-bond acceptors (Lipinski definition) is 3. The number of halogens is 7. The maximum Gasteiger partial charge on any atom is 0.231 e. The number of benzene rings is 3. The third kappa shape index (κ3) is 5.16. The zero-order chi connectivity index (χ0) is 25.7. The normalized spacial score (nSPS) is 18.3. The molecular formula is C24H15BrCl4F2N2O2. The minimum atomic E-state index is -1.33. The largest absolute Gasteiger partial charge is 0.394 e. The van der Waals surface area contributed by atoms with E-state index in [1.807, 2.05) is 0 Å². The van der Waals surface area contributed by atoms with E-state index in [4.69, 9.17) is 52.1 Å². The number of ketones is 1. The SMILES string of the molecule is Nc1c(F)ccc(CC(=O)c2cc(NC(=O)[C@H]3[C@H](c4ccc(Cl)c(Br)c4)C3(Cl)Cl)ccc2Cl)c1F. The topological polar surface area (TPSA) is 72.2 Å². The predicted molar refractivity (Wildman–Crippen MR) is 139 cm³/mol. The number of anilines is 2. The Kier molecular flexibility index (Phi) is 7.38. The van der Waals surface area contributed by atoms with Crippen LogP contribution in [0, 0.1) is 17.6 Å². The van der Waals surface area contributed by atoms with Crippen molar-refractivity contribution in [2.24, 2.45) is 5.92 Å². The van der Waals surface area contributed by atoms with Gasteiger partial charge in [0.05, 0.1) is 16.0 Å². The lowest BCUT2D eigenvalue weighted by atomic mass is 10.0. The van der Waals surface area contributed by atoms with Crippen molar-refractivity contribution in [3.05, 3.63) is 91.4 Å². The molecule has 11 heteroatoms. The predicted octanol–water partition coefficient (Wildman–Crippen LogP) is 7.57. The van der Waals surface area contributed by atoms with Crippen molar-refractivity contribution >= 4 is 85.4 Å². The van der Waals surface area contributed by atoms with Crippen LogP contribution >= 0.6 is 62.3 Å². The molecule has 3 aromatic carbocycles. The summed E-state index contributed by atoms with van der Waals surface area (Å²) in [7, 11) is 0. The van der Waals surface area contributed by atoms with Crippen LogP contribution in [0.4, 0.5) is 20.2 Å². The van der Waals surface area contributed by atoms with Crippen LogP contribution in [0.5, 0.6) is 0 Å². The summed E-state index contributed by atoms with van der Waals surface area (Å²) in [6, 6.07) is 11.6. The van der Waals surface area contributed by atoms with E-state index in [-0.39, 0.29) is 21.8 Å². The van der Waals surface area contributed by atoms with Crippen molar-refractivity contribution in [1.29, 1.82) is 0 Å². The number of alkyl halides is 2. The van der Waals surface area contributed by atoms with Crippen LogP contribution in [0.25, 0.3) is 0 Å². The van der Waals surface area contributed by atoms with Crippen LogP contribution in [0.15, 0.2) is 53.0 Å². The lowest BCUT2D eigenvalue weighted by molar-refractivity contribution is -0.117. The fraction of sp³-hybridized carbons (Fsp3) is 0.167. The highest BCUT2D eigenvalue weighted by atomic mass is 79.9. The molecule has 1 amide bonds. The Bertz CT molecular complexity index is 1370. The molecule has 0 aromatic heterocycles. The van der Waals surface area contributed by atoms with Crippen molar-refractivity contribution in [3.8, 4) is 0 Å². The van der Waals surface area contributed by atoms with Gasteiger partial charge < -0.3 is 11.1 Å². The van der Waals surface area contributed by atoms with Gasteiger partial charge in [0, 0.05) is 28.1 Å². The first kappa shape index (κ1) is 26.2. The molecule has 182 valence electrons. The molecule has 3 aromatic rings. The van der Waals surface area contributed by atoms with Crippen LogP contribution in [-0.2, 0) is 11.2 Å². The van der Waals surface area contributed by atoms with Gasteiger partial charge in [0.15, 0.2) is 11.6 Å². The molecule has 4 rings (SSSR count). The van der Waals surface area contributed by atoms with E-state index in [0.717, 1.165) is 17.7 Å². The van der Waals surface area contributed by atoms with Gasteiger partial charge in [0.1, 0.15) is 15.8 Å². The number of carbonyl (C=O) groups excluding carboxylic acids is 2. The Morgan fingerprint density at radius 3 is 2.40 bits per heavy atom. The van der Waals surface area contributed by atoms with Crippen LogP contribution in [-0.4, -0.2) is 16.0 Å². The Hall–Kier alpha value is -1.90. The summed E-state index contributed by atoms with van der Waals surface area (Å²) in [5.74, 6) is -4.15. The molecule has 0 heterocycles. The number of nitrogen functional groups attached to an aromatic ring is 1. The van der Waals surface area contributed by atoms with Gasteiger partial charge in [-0.3, -0.25) is 9.59 Å². The van der Waals surface area contributed by atoms with Crippen molar-refractivity contribution in [2.45, 2.75) is 16.7 Å². The van der Waals surface area contributed by atoms with E-state index in [9.17, 15) is 18.4 Å². The van der Waals surface area contributed by atoms with Gasteiger partial charge >= 0.3 is 0 Å². The highest BCUT2D eigenvalue weighted by Gasteiger charge is 2.67. The number of carbonyl (C=O) groups is 2. The highest BCUT2D eigenvalue weighted by Crippen LogP contribution is 2.65. The average Bonchev–Trinajstić information content (AvgIpc) is 3.39. The molecule has 1 aliphatic carbocycles. The quantitative estimate of drug-likeness (QED) is 0.169. The molecule has 1 aliphatic rings. The van der Waals surface area contributed by atoms with Gasteiger partial charge in [-0.2, -0.15) is 0 Å². The smallest absolute Gasteiger partial charge is 0.231 e. The van der Waals surface area contributed by atoms with Gasteiger partial charge in [-0.05, 0) is 63.5 Å². The number of hydrogen-bond donors (Lipinski definition) is 2. The molecule has 0 aliphatic heterocycles. The summed E-state index contributed by atoms with van der Waals surface area (Å²) in [5, 5.41) is 3.31. The van der Waals surface area contributed by atoms with Crippen molar-refractivity contribution < 1.29 is 18.4 Å². The molecule has 1 fully saturated rings. The monoisotopic (exact) mass is 620 g/mol. The van der Waals surface area contributed by atoms with Crippen LogP contribution in [0.1, 0.15) is 27.4 Å². The highest BCUT2D eigenvalue weighted by molar-refractivity contribution is 9.10. The summed E-state index contributed by atoms with van der Waals surface area (Å²) in [4.78, 5) is 25.8. The van der Waals surface area contributed by atoms with Gasteiger partial charge in [0.2, 0.25) is 5.91 Å². The van der Waals surface area contributed by atoms with E-state index < -0.39 is 51.6 Å². The maximum absolute atomic E-state index is 14.2. The molecule has 35 heavy (non-hydrogen) atoms. The van der Waals surface area contributed by atoms with Crippen LogP contribution in [0.2, 0.25) is 10.0 Å². The first-order valence-corrected chi connectivity index (χ1v) is 12.4. The third-order valence-electron chi connectivity index (χ3n) is 5.73. The van der Waals surface area contributed by atoms with Crippen LogP contribution < -0.4 is 11.1 Å². The van der Waals surface area contributed by atoms with E-state index in [2.05, 4.69) is 21.2 Å². The number of Topliss-reactive ketones (excluding diaryl/α,β-unsaturated/α-hetero) is 1. The van der Waals surface area contributed by atoms with Crippen molar-refractivity contribution in [3.63, 3.8) is 0 Å². The maximum atomic E-state index is 14.2. The lowest BCUT2D eigenvalue weighted by Crippen LogP contribution is -2.17. The molecule has 1 saturated carbocycles. The summed E-state index contributed by atoms with van der Waals surface area (Å²) >= 11 is 28.4. The molecule has 0 radical (unpaired) electrons. The second-order valence-corrected chi connectivity index (χ2v) is 11.1. The molecule has 0 bridgehead atoms. The molecule has 0 unspecified atom stereocenters. The minimum absolute atomic E-state index is 0.0451. The zero-order valence-corrected chi connectivity index (χ0v) is 22.1. The molecule has 3 N–H and O–H groups in total. The van der Waals surface area contributed by atoms with Gasteiger partial charge in [0.25, 0.3) is 0 Å². The molecule has 2 atom stereocenters. The second kappa shape index (κ2) is 9.87. The number of nitrogens with one attached hydrogen (secondary N) is 1. The molecule has 4 nitrogen and oxygen atoms in total. The summed E-state index contributed by atoms with van der Waals surface area (Å²) in [5.41, 5.74) is 5.67. The van der Waals surface area contributed by atoms with Crippen LogP contribution in [0.3, 0.4) is 0 Å². The zero-order valence-electron chi connectivity index (χ0n) is 17.5. The standard InChI is InChI=1S/C24H15BrCl4F2N2O2/c25-14-7-10(1-4-16(14)27)19-20(24(19,28)29)23(35)33-12-3-5-15(26)13(9-12)18(34)8-11-2-6-17(30)22(32)21(11)31/h1-7,9,19-20H,8,32H2,(H,33,35)/t19-,20+/m0/s1. The number of nitrogens with two attached hydrogens (primary N) is 1. The summed E-state index contributed by atoms with van der Waals surface area (Å²) in [6.45, 7) is 0. The number of amides is 1. The summed E-state index contributed by atoms with van der Waals surface area (Å²) in [6.07, 6.45) is -0.407. The van der Waals surface area contributed by atoms with E-state index in [1.54, 1.807) is 18.2 Å². The Morgan fingerprint density at radius 1 is 1.03 bits per heavy atom. The van der Waals surface area contributed by atoms with Gasteiger partial charge in [-0.1, -0.05) is 35.3 Å². The molecular weight excluding hydrogens is 608 g/mol. The van der Waals surface area contributed by atoms with Gasteiger partial charge in [-0.15, -0.1) is 23.2 Å². The van der Waals surface area contributed by atoms with Crippen molar-refractivity contribution in [2.75, 3.05) is 11.1 Å². The Morgan fingerprint density at radius 2 is 1.71 bits per heavy atom. The fourth-order valence-electron chi connectivity index (χ4n) is 3.83. The molecule has 0 spiro atoms. The van der Waals surface area contributed by atoms with E-state index in [0.29, 0.717) is 9.50 Å². The first-order valence-electron chi connectivity index (χ1n) is 10.1. The lowest BCUT2D eigenvalue weighted by Gasteiger charge is -2.10. The number of rotatable bonds is 6. The second-order valence-electron chi connectivity index (χ2n) is 8.02. The van der Waals surface area contributed by atoms with Gasteiger partial charge in [-0.25, -0.2) is 8.78 Å². The molecule has 0 saturated heterocycles. The minimum Gasteiger partial charge on any atom is -0.394 e. The van der Waals surface area contributed by atoms with E-state index >= 15 is 0 Å². The third-order valence-corrected chi connectivity index (χ3v) is 8.21. The Balaban J connectivity index is 1.52.